The molecule has 186 valence electrons. The predicted octanol–water partition coefficient (Wildman–Crippen LogP) is 4.92. The number of carbonyl (C=O) groups excluding carboxylic acids is 1. The van der Waals surface area contributed by atoms with Gasteiger partial charge in [-0.05, 0) is 62.6 Å². The Balaban J connectivity index is 1.24. The van der Waals surface area contributed by atoms with Gasteiger partial charge in [0.25, 0.3) is 5.91 Å². The number of rotatable bonds is 8. The third-order valence-electron chi connectivity index (χ3n) is 5.71. The van der Waals surface area contributed by atoms with Crippen molar-refractivity contribution < 1.29 is 23.1 Å². The minimum Gasteiger partial charge on any atom is -0.425 e. The Morgan fingerprint density at radius 2 is 1.94 bits per heavy atom. The van der Waals surface area contributed by atoms with Gasteiger partial charge in [-0.1, -0.05) is 6.07 Å². The molecular formula is C25H23F2N5O3S. The maximum atomic E-state index is 14.7. The fourth-order valence-electron chi connectivity index (χ4n) is 3.58. The number of halogens is 2. The lowest BCUT2D eigenvalue weighted by atomic mass is 9.96. The molecule has 0 saturated heterocycles. The van der Waals surface area contributed by atoms with E-state index in [9.17, 15) is 18.7 Å². The number of pyridine rings is 1. The summed E-state index contributed by atoms with van der Waals surface area (Å²) in [5, 5.41) is 19.7. The van der Waals surface area contributed by atoms with Gasteiger partial charge in [-0.25, -0.2) is 13.8 Å². The van der Waals surface area contributed by atoms with E-state index in [1.54, 1.807) is 12.1 Å². The van der Waals surface area contributed by atoms with Crippen molar-refractivity contribution in [1.29, 1.82) is 0 Å². The summed E-state index contributed by atoms with van der Waals surface area (Å²) in [6.07, 6.45) is 2.51. The summed E-state index contributed by atoms with van der Waals surface area (Å²) in [5.41, 5.74) is 4.68. The Morgan fingerprint density at radius 3 is 2.64 bits per heavy atom. The van der Waals surface area contributed by atoms with Crippen LogP contribution in [0.15, 0.2) is 46.2 Å². The summed E-state index contributed by atoms with van der Waals surface area (Å²) >= 11 is 1.04. The van der Waals surface area contributed by atoms with Crippen LogP contribution in [-0.4, -0.2) is 26.2 Å². The van der Waals surface area contributed by atoms with Crippen molar-refractivity contribution in [2.45, 2.75) is 44.6 Å². The predicted molar refractivity (Wildman–Crippen MR) is 129 cm³/mol. The summed E-state index contributed by atoms with van der Waals surface area (Å²) in [4.78, 5) is 17.3. The molecule has 3 N–H and O–H groups in total. The molecule has 3 heterocycles. The first kappa shape index (κ1) is 24.0. The molecule has 0 atom stereocenters. The average molecular weight is 512 g/mol. The largest absolute Gasteiger partial charge is 0.425 e. The zero-order chi connectivity index (χ0) is 25.4. The first-order chi connectivity index (χ1) is 17.2. The molecule has 3 aromatic heterocycles. The van der Waals surface area contributed by atoms with Crippen LogP contribution in [0.1, 0.15) is 66.0 Å². The van der Waals surface area contributed by atoms with Gasteiger partial charge in [0.05, 0.1) is 28.8 Å². The van der Waals surface area contributed by atoms with Gasteiger partial charge in [0.2, 0.25) is 11.8 Å². The van der Waals surface area contributed by atoms with E-state index in [0.717, 1.165) is 36.3 Å². The normalized spacial score (nSPS) is 13.6. The van der Waals surface area contributed by atoms with Crippen LogP contribution in [0.3, 0.4) is 0 Å². The number of hydrazine groups is 1. The molecule has 11 heteroatoms. The third kappa shape index (κ3) is 5.26. The molecule has 1 saturated carbocycles. The highest BCUT2D eigenvalue weighted by atomic mass is 32.1. The molecule has 0 unspecified atom stereocenters. The van der Waals surface area contributed by atoms with Crippen LogP contribution in [-0.2, 0) is 12.0 Å². The van der Waals surface area contributed by atoms with E-state index in [1.807, 2.05) is 6.07 Å². The van der Waals surface area contributed by atoms with E-state index in [0.29, 0.717) is 35.6 Å². The summed E-state index contributed by atoms with van der Waals surface area (Å²) in [5.74, 6) is -0.209. The van der Waals surface area contributed by atoms with E-state index in [2.05, 4.69) is 26.0 Å². The van der Waals surface area contributed by atoms with Crippen LogP contribution >= 0.6 is 11.3 Å². The molecule has 1 aromatic carbocycles. The van der Waals surface area contributed by atoms with E-state index in [4.69, 9.17) is 4.42 Å². The molecule has 0 spiro atoms. The molecule has 4 aromatic rings. The Hall–Kier alpha value is -3.70. The molecule has 36 heavy (non-hydrogen) atoms. The van der Waals surface area contributed by atoms with Gasteiger partial charge in [-0.2, -0.15) is 0 Å². The zero-order valence-corrected chi connectivity index (χ0v) is 20.3. The smallest absolute Gasteiger partial charge is 0.270 e. The molecule has 0 aliphatic heterocycles. The van der Waals surface area contributed by atoms with Crippen LogP contribution in [0.4, 0.5) is 14.6 Å². The number of carbonyl (C=O) groups is 1. The topological polar surface area (TPSA) is 113 Å². The number of thiophene rings is 1. The lowest BCUT2D eigenvalue weighted by molar-refractivity contribution is 0.0778. The standard InChI is InChI=1S/C25H23F2N5O3S/c1-25(2,34)15-9-17(26)22(18(27)10-15)19-8-14(12-36-19)23(33)31-29-20-5-3-4-16(28-20)11-21-30-32-24(35-21)13-6-7-13/h3-5,8-10,12-13,34H,6-7,11H2,1-2H3,(H,28,29)(H,31,33). The molecule has 8 nitrogen and oxygen atoms in total. The number of amides is 1. The van der Waals surface area contributed by atoms with Crippen LogP contribution in [0.5, 0.6) is 0 Å². The van der Waals surface area contributed by atoms with E-state index < -0.39 is 23.1 Å². The minimum absolute atomic E-state index is 0.122. The van der Waals surface area contributed by atoms with Crippen molar-refractivity contribution in [3.05, 3.63) is 82.0 Å². The van der Waals surface area contributed by atoms with Crippen LogP contribution in [0, 0.1) is 11.6 Å². The third-order valence-corrected chi connectivity index (χ3v) is 6.66. The Labute approximate surface area is 209 Å². The molecule has 1 fully saturated rings. The first-order valence-electron chi connectivity index (χ1n) is 11.3. The van der Waals surface area contributed by atoms with Crippen molar-refractivity contribution in [1.82, 2.24) is 20.6 Å². The number of nitrogens with one attached hydrogen (secondary N) is 2. The summed E-state index contributed by atoms with van der Waals surface area (Å²) in [6.45, 7) is 2.89. The van der Waals surface area contributed by atoms with Gasteiger partial charge in [0, 0.05) is 16.2 Å². The second-order valence-corrected chi connectivity index (χ2v) is 10.1. The SMILES string of the molecule is CC(C)(O)c1cc(F)c(-c2cc(C(=O)NNc3cccc(Cc4nnc(C5CC5)o4)n3)cs2)c(F)c1. The fraction of sp³-hybridized carbons (Fsp3) is 0.280. The number of nitrogens with zero attached hydrogens (tertiary/aromatic N) is 3. The summed E-state index contributed by atoms with van der Waals surface area (Å²) in [6, 6.07) is 8.87. The van der Waals surface area contributed by atoms with Crippen LogP contribution in [0.25, 0.3) is 10.4 Å². The Bertz CT molecular complexity index is 1400. The van der Waals surface area contributed by atoms with E-state index in [-0.39, 0.29) is 21.6 Å². The van der Waals surface area contributed by atoms with Gasteiger partial charge >= 0.3 is 0 Å². The second-order valence-electron chi connectivity index (χ2n) is 9.15. The lowest BCUT2D eigenvalue weighted by Gasteiger charge is -2.18. The van der Waals surface area contributed by atoms with Crippen molar-refractivity contribution in [3.8, 4) is 10.4 Å². The van der Waals surface area contributed by atoms with Gasteiger partial charge in [0.15, 0.2) is 0 Å². The molecular weight excluding hydrogens is 488 g/mol. The van der Waals surface area contributed by atoms with Gasteiger partial charge in [-0.3, -0.25) is 15.6 Å². The number of hydrogen-bond acceptors (Lipinski definition) is 8. The monoisotopic (exact) mass is 511 g/mol. The highest BCUT2D eigenvalue weighted by Gasteiger charge is 2.29. The zero-order valence-electron chi connectivity index (χ0n) is 19.5. The number of aromatic nitrogens is 3. The van der Waals surface area contributed by atoms with E-state index >= 15 is 0 Å². The number of hydrogen-bond donors (Lipinski definition) is 3. The molecule has 5 rings (SSSR count). The fourth-order valence-corrected chi connectivity index (χ4v) is 4.51. The molecule has 1 aliphatic carbocycles. The second kappa shape index (κ2) is 9.40. The van der Waals surface area contributed by atoms with Gasteiger partial charge in [0.1, 0.15) is 17.5 Å². The number of benzene rings is 1. The molecule has 1 amide bonds. The molecule has 0 radical (unpaired) electrons. The number of anilines is 1. The summed E-state index contributed by atoms with van der Waals surface area (Å²) in [7, 11) is 0. The molecule has 1 aliphatic rings. The molecule has 0 bridgehead atoms. The maximum absolute atomic E-state index is 14.7. The number of aliphatic hydroxyl groups is 1. The first-order valence-corrected chi connectivity index (χ1v) is 12.2. The van der Waals surface area contributed by atoms with Crippen molar-refractivity contribution in [2.24, 2.45) is 0 Å². The lowest BCUT2D eigenvalue weighted by Crippen LogP contribution is -2.29. The van der Waals surface area contributed by atoms with E-state index in [1.165, 1.54) is 25.3 Å². The van der Waals surface area contributed by atoms with Crippen LogP contribution in [0.2, 0.25) is 0 Å². The highest BCUT2D eigenvalue weighted by Crippen LogP contribution is 2.39. The van der Waals surface area contributed by atoms with Crippen molar-refractivity contribution in [2.75, 3.05) is 5.43 Å². The maximum Gasteiger partial charge on any atom is 0.270 e. The summed E-state index contributed by atoms with van der Waals surface area (Å²) < 4.78 is 35.0. The van der Waals surface area contributed by atoms with Gasteiger partial charge in [-0.15, -0.1) is 21.5 Å². The minimum atomic E-state index is -1.39. The quantitative estimate of drug-likeness (QED) is 0.288. The van der Waals surface area contributed by atoms with Crippen molar-refractivity contribution >= 4 is 23.1 Å². The van der Waals surface area contributed by atoms with Crippen LogP contribution < -0.4 is 10.9 Å². The highest BCUT2D eigenvalue weighted by molar-refractivity contribution is 7.13. The van der Waals surface area contributed by atoms with Gasteiger partial charge < -0.3 is 9.52 Å². The Kier molecular flexibility index (Phi) is 6.27. The Morgan fingerprint density at radius 1 is 1.19 bits per heavy atom. The van der Waals surface area contributed by atoms with Crippen molar-refractivity contribution in [3.63, 3.8) is 0 Å². The average Bonchev–Trinajstić information content (AvgIpc) is 3.37.